The lowest BCUT2D eigenvalue weighted by atomic mass is 10.3. The summed E-state index contributed by atoms with van der Waals surface area (Å²) in [7, 11) is 0. The molecule has 0 aromatic carbocycles. The van der Waals surface area contributed by atoms with Crippen LogP contribution in [0.4, 0.5) is 11.8 Å². The first kappa shape index (κ1) is 12.7. The van der Waals surface area contributed by atoms with Crippen molar-refractivity contribution in [2.75, 3.05) is 30.3 Å². The lowest BCUT2D eigenvalue weighted by Crippen LogP contribution is -2.23. The summed E-state index contributed by atoms with van der Waals surface area (Å²) in [5, 5.41) is 23.8. The molecule has 0 saturated carbocycles. The minimum Gasteiger partial charge on any atom is -0.394 e. The Morgan fingerprint density at radius 3 is 2.75 bits per heavy atom. The summed E-state index contributed by atoms with van der Waals surface area (Å²) in [4.78, 5) is 8.40. The van der Waals surface area contributed by atoms with Crippen molar-refractivity contribution in [2.24, 2.45) is 0 Å². The summed E-state index contributed by atoms with van der Waals surface area (Å²) < 4.78 is 0. The Labute approximate surface area is 94.7 Å². The molecule has 4 N–H and O–H groups in total. The van der Waals surface area contributed by atoms with Crippen molar-refractivity contribution in [1.29, 1.82) is 0 Å². The number of aliphatic hydroxyl groups excluding tert-OH is 2. The normalized spacial score (nSPS) is 12.2. The lowest BCUT2D eigenvalue weighted by Gasteiger charge is -2.11. The van der Waals surface area contributed by atoms with Crippen molar-refractivity contribution in [2.45, 2.75) is 20.0 Å². The topological polar surface area (TPSA) is 90.3 Å². The molecule has 1 rings (SSSR count). The molecule has 0 amide bonds. The molecule has 0 aliphatic heterocycles. The van der Waals surface area contributed by atoms with Gasteiger partial charge in [-0.15, -0.1) is 0 Å². The monoisotopic (exact) mass is 226 g/mol. The summed E-state index contributed by atoms with van der Waals surface area (Å²) in [5.41, 5.74) is 0.840. The van der Waals surface area contributed by atoms with Crippen molar-refractivity contribution in [3.63, 3.8) is 0 Å². The fourth-order valence-electron chi connectivity index (χ4n) is 1.18. The molecular formula is C10H18N4O2. The molecule has 6 heteroatoms. The molecule has 1 aromatic heterocycles. The average molecular weight is 226 g/mol. The standard InChI is InChI=1S/C10H18N4O2/c1-3-11-10-13-7(2)4-9(14-10)12-5-8(16)6-15/h4,8,15-16H,3,5-6H2,1-2H3,(H2,11,12,13,14). The molecule has 1 aromatic rings. The van der Waals surface area contributed by atoms with Gasteiger partial charge in [-0.25, -0.2) is 4.98 Å². The van der Waals surface area contributed by atoms with E-state index in [-0.39, 0.29) is 13.2 Å². The predicted octanol–water partition coefficient (Wildman–Crippen LogP) is -0.0181. The maximum atomic E-state index is 9.19. The van der Waals surface area contributed by atoms with Crippen molar-refractivity contribution in [1.82, 2.24) is 9.97 Å². The molecular weight excluding hydrogens is 208 g/mol. The third-order valence-corrected chi connectivity index (χ3v) is 1.92. The summed E-state index contributed by atoms with van der Waals surface area (Å²) >= 11 is 0. The molecule has 0 aliphatic rings. The van der Waals surface area contributed by atoms with E-state index in [1.807, 2.05) is 13.8 Å². The van der Waals surface area contributed by atoms with Crippen LogP contribution < -0.4 is 10.6 Å². The number of hydrogen-bond donors (Lipinski definition) is 4. The van der Waals surface area contributed by atoms with Gasteiger partial charge in [-0.2, -0.15) is 4.98 Å². The Balaban J connectivity index is 2.64. The highest BCUT2D eigenvalue weighted by Gasteiger charge is 2.04. The van der Waals surface area contributed by atoms with Crippen LogP contribution >= 0.6 is 0 Å². The molecule has 0 saturated heterocycles. The number of anilines is 2. The number of aliphatic hydroxyl groups is 2. The molecule has 0 aliphatic carbocycles. The van der Waals surface area contributed by atoms with Crippen molar-refractivity contribution in [3.8, 4) is 0 Å². The minimum atomic E-state index is -0.780. The van der Waals surface area contributed by atoms with E-state index in [1.54, 1.807) is 6.07 Å². The van der Waals surface area contributed by atoms with Crippen LogP contribution in [0.25, 0.3) is 0 Å². The van der Waals surface area contributed by atoms with E-state index < -0.39 is 6.10 Å². The Morgan fingerprint density at radius 2 is 2.12 bits per heavy atom. The minimum absolute atomic E-state index is 0.262. The third kappa shape index (κ3) is 4.00. The van der Waals surface area contributed by atoms with Gasteiger partial charge in [-0.1, -0.05) is 0 Å². The van der Waals surface area contributed by atoms with E-state index in [9.17, 15) is 5.11 Å². The van der Waals surface area contributed by atoms with Gasteiger partial charge in [0.2, 0.25) is 5.95 Å². The number of aryl methyl sites for hydroxylation is 1. The van der Waals surface area contributed by atoms with Crippen LogP contribution in [0.5, 0.6) is 0 Å². The predicted molar refractivity (Wildman–Crippen MR) is 62.5 cm³/mol. The average Bonchev–Trinajstić information content (AvgIpc) is 2.25. The molecule has 6 nitrogen and oxygen atoms in total. The second kappa shape index (κ2) is 6.24. The maximum absolute atomic E-state index is 9.19. The van der Waals surface area contributed by atoms with E-state index in [4.69, 9.17) is 5.11 Å². The van der Waals surface area contributed by atoms with Crippen molar-refractivity contribution in [3.05, 3.63) is 11.8 Å². The van der Waals surface area contributed by atoms with Gasteiger partial charge in [0, 0.05) is 24.8 Å². The van der Waals surface area contributed by atoms with Crippen LogP contribution in [0, 0.1) is 6.92 Å². The van der Waals surface area contributed by atoms with Crippen LogP contribution in [0.1, 0.15) is 12.6 Å². The zero-order valence-electron chi connectivity index (χ0n) is 9.56. The van der Waals surface area contributed by atoms with E-state index >= 15 is 0 Å². The molecule has 16 heavy (non-hydrogen) atoms. The third-order valence-electron chi connectivity index (χ3n) is 1.92. The van der Waals surface area contributed by atoms with Crippen molar-refractivity contribution >= 4 is 11.8 Å². The molecule has 90 valence electrons. The highest BCUT2D eigenvalue weighted by molar-refractivity contribution is 5.42. The van der Waals surface area contributed by atoms with E-state index in [0.717, 1.165) is 12.2 Å². The fourth-order valence-corrected chi connectivity index (χ4v) is 1.18. The summed E-state index contributed by atoms with van der Waals surface area (Å²) in [6.45, 7) is 4.59. The molecule has 0 fully saturated rings. The second-order valence-corrected chi connectivity index (χ2v) is 3.47. The number of aromatic nitrogens is 2. The summed E-state index contributed by atoms with van der Waals surface area (Å²) in [6, 6.07) is 1.78. The van der Waals surface area contributed by atoms with Crippen LogP contribution in [0.3, 0.4) is 0 Å². The van der Waals surface area contributed by atoms with Gasteiger partial charge in [-0.05, 0) is 13.8 Å². The Morgan fingerprint density at radius 1 is 1.38 bits per heavy atom. The maximum Gasteiger partial charge on any atom is 0.224 e. The van der Waals surface area contributed by atoms with Gasteiger partial charge in [0.05, 0.1) is 12.7 Å². The quantitative estimate of drug-likeness (QED) is 0.545. The Bertz CT molecular complexity index is 333. The highest BCUT2D eigenvalue weighted by Crippen LogP contribution is 2.09. The Hall–Kier alpha value is -1.40. The van der Waals surface area contributed by atoms with Crippen LogP contribution in [-0.2, 0) is 0 Å². The first-order valence-corrected chi connectivity index (χ1v) is 5.28. The van der Waals surface area contributed by atoms with Gasteiger partial charge >= 0.3 is 0 Å². The molecule has 1 atom stereocenters. The molecule has 0 radical (unpaired) electrons. The number of hydrogen-bond acceptors (Lipinski definition) is 6. The first-order chi connectivity index (χ1) is 7.65. The Kier molecular flexibility index (Phi) is 4.94. The zero-order chi connectivity index (χ0) is 12.0. The number of nitrogens with one attached hydrogen (secondary N) is 2. The molecule has 1 unspecified atom stereocenters. The smallest absolute Gasteiger partial charge is 0.224 e. The van der Waals surface area contributed by atoms with Gasteiger partial charge in [0.15, 0.2) is 0 Å². The van der Waals surface area contributed by atoms with E-state index in [2.05, 4.69) is 20.6 Å². The van der Waals surface area contributed by atoms with E-state index in [0.29, 0.717) is 11.8 Å². The van der Waals surface area contributed by atoms with Gasteiger partial charge in [-0.3, -0.25) is 0 Å². The second-order valence-electron chi connectivity index (χ2n) is 3.47. The number of rotatable bonds is 6. The van der Waals surface area contributed by atoms with Gasteiger partial charge < -0.3 is 20.8 Å². The van der Waals surface area contributed by atoms with Crippen molar-refractivity contribution < 1.29 is 10.2 Å². The van der Waals surface area contributed by atoms with E-state index in [1.165, 1.54) is 0 Å². The van der Waals surface area contributed by atoms with Gasteiger partial charge in [0.1, 0.15) is 5.82 Å². The van der Waals surface area contributed by atoms with Crippen LogP contribution in [-0.4, -0.2) is 46.0 Å². The fraction of sp³-hybridized carbons (Fsp3) is 0.600. The highest BCUT2D eigenvalue weighted by atomic mass is 16.3. The van der Waals surface area contributed by atoms with Crippen LogP contribution in [0.2, 0.25) is 0 Å². The number of nitrogens with zero attached hydrogens (tertiary/aromatic N) is 2. The SMILES string of the molecule is CCNc1nc(C)cc(NCC(O)CO)n1. The molecule has 0 spiro atoms. The molecule has 1 heterocycles. The summed E-state index contributed by atoms with van der Waals surface area (Å²) in [5.74, 6) is 1.19. The molecule has 0 bridgehead atoms. The summed E-state index contributed by atoms with van der Waals surface area (Å²) in [6.07, 6.45) is -0.780. The zero-order valence-corrected chi connectivity index (χ0v) is 9.56. The van der Waals surface area contributed by atoms with Gasteiger partial charge in [0.25, 0.3) is 0 Å². The lowest BCUT2D eigenvalue weighted by molar-refractivity contribution is 0.105. The largest absolute Gasteiger partial charge is 0.394 e. The first-order valence-electron chi connectivity index (χ1n) is 5.28. The van der Waals surface area contributed by atoms with Crippen LogP contribution in [0.15, 0.2) is 6.07 Å².